The number of hydrogen-bond donors (Lipinski definition) is 2. The van der Waals surface area contributed by atoms with Crippen LogP contribution in [0, 0.1) is 0 Å². The molecular weight excluding hydrogens is 332 g/mol. The van der Waals surface area contributed by atoms with Gasteiger partial charge in [-0.2, -0.15) is 4.98 Å². The lowest BCUT2D eigenvalue weighted by atomic mass is 10.3. The maximum absolute atomic E-state index is 11.8. The molecule has 0 bridgehead atoms. The Morgan fingerprint density at radius 3 is 2.62 bits per heavy atom. The van der Waals surface area contributed by atoms with E-state index in [0.29, 0.717) is 30.7 Å². The Balaban J connectivity index is 1.43. The van der Waals surface area contributed by atoms with Gasteiger partial charge in [-0.1, -0.05) is 0 Å². The van der Waals surface area contributed by atoms with Crippen molar-refractivity contribution in [1.82, 2.24) is 25.2 Å². The second kappa shape index (κ2) is 7.12. The number of aromatic nitrogens is 3. The molecule has 0 aliphatic carbocycles. The molecule has 2 aliphatic heterocycles. The van der Waals surface area contributed by atoms with Crippen molar-refractivity contribution in [2.45, 2.75) is 0 Å². The van der Waals surface area contributed by atoms with E-state index in [1.807, 2.05) is 12.3 Å². The summed E-state index contributed by atoms with van der Waals surface area (Å²) in [6, 6.07) is 5.56. The van der Waals surface area contributed by atoms with E-state index in [4.69, 9.17) is 0 Å². The summed E-state index contributed by atoms with van der Waals surface area (Å²) < 4.78 is 0. The lowest BCUT2D eigenvalue weighted by molar-refractivity contribution is 0.252. The first-order chi connectivity index (χ1) is 12.7. The fraction of sp³-hybridized carbons (Fsp3) is 0.412. The number of nitrogens with zero attached hydrogens (tertiary/aromatic N) is 6. The Morgan fingerprint density at radius 1 is 1.08 bits per heavy atom. The highest BCUT2D eigenvalue weighted by molar-refractivity contribution is 5.93. The summed E-state index contributed by atoms with van der Waals surface area (Å²) >= 11 is 0. The van der Waals surface area contributed by atoms with Crippen molar-refractivity contribution in [2.24, 2.45) is 0 Å². The molecule has 2 saturated heterocycles. The number of hydrogen-bond acceptors (Lipinski definition) is 7. The second-order valence-corrected chi connectivity index (χ2v) is 6.44. The average Bonchev–Trinajstić information content (AvgIpc) is 3.09. The molecule has 0 saturated carbocycles. The van der Waals surface area contributed by atoms with Crippen LogP contribution in [0.15, 0.2) is 30.6 Å². The zero-order valence-electron chi connectivity index (χ0n) is 14.7. The summed E-state index contributed by atoms with van der Waals surface area (Å²) in [6.45, 7) is 5.37. The van der Waals surface area contributed by atoms with E-state index in [0.717, 1.165) is 31.9 Å². The standard InChI is InChI=1S/C17H22N8O/c1-23-8-10-24(11-9-23)13-2-3-14(20-12-13)21-16-18-5-4-15(22-16)25-7-6-19-17(25)26/h2-5,12H,6-11H2,1H3,(H,19,26)(H,18,20,21,22). The van der Waals surface area contributed by atoms with E-state index >= 15 is 0 Å². The van der Waals surface area contributed by atoms with E-state index in [-0.39, 0.29) is 6.03 Å². The van der Waals surface area contributed by atoms with Crippen LogP contribution in [0.3, 0.4) is 0 Å². The predicted octanol–water partition coefficient (Wildman–Crippen LogP) is 0.897. The maximum atomic E-state index is 11.8. The first-order valence-corrected chi connectivity index (χ1v) is 8.74. The molecule has 2 amide bonds. The first-order valence-electron chi connectivity index (χ1n) is 8.74. The summed E-state index contributed by atoms with van der Waals surface area (Å²) in [5, 5.41) is 5.86. The summed E-state index contributed by atoms with van der Waals surface area (Å²) in [4.78, 5) is 31.1. The molecule has 26 heavy (non-hydrogen) atoms. The van der Waals surface area contributed by atoms with Crippen LogP contribution in [0.2, 0.25) is 0 Å². The molecule has 0 aromatic carbocycles. The number of amides is 2. The van der Waals surface area contributed by atoms with Crippen molar-refractivity contribution >= 4 is 29.3 Å². The highest BCUT2D eigenvalue weighted by Gasteiger charge is 2.22. The van der Waals surface area contributed by atoms with Crippen LogP contribution in [-0.2, 0) is 0 Å². The zero-order valence-corrected chi connectivity index (χ0v) is 14.7. The van der Waals surface area contributed by atoms with Crippen LogP contribution < -0.4 is 20.4 Å². The fourth-order valence-electron chi connectivity index (χ4n) is 3.08. The van der Waals surface area contributed by atoms with Gasteiger partial charge in [0.05, 0.1) is 11.9 Å². The van der Waals surface area contributed by atoms with Gasteiger partial charge in [0.1, 0.15) is 11.6 Å². The van der Waals surface area contributed by atoms with Crippen molar-refractivity contribution in [2.75, 3.05) is 61.4 Å². The van der Waals surface area contributed by atoms with Gasteiger partial charge < -0.3 is 20.4 Å². The number of carbonyl (C=O) groups excluding carboxylic acids is 1. The largest absolute Gasteiger partial charge is 0.368 e. The van der Waals surface area contributed by atoms with Crippen LogP contribution in [0.5, 0.6) is 0 Å². The van der Waals surface area contributed by atoms with Crippen LogP contribution >= 0.6 is 0 Å². The second-order valence-electron chi connectivity index (χ2n) is 6.44. The Morgan fingerprint density at radius 2 is 1.92 bits per heavy atom. The molecule has 4 heterocycles. The normalized spacial score (nSPS) is 18.1. The van der Waals surface area contributed by atoms with Crippen LogP contribution in [0.4, 0.5) is 28.1 Å². The molecule has 9 heteroatoms. The molecule has 2 aromatic rings. The van der Waals surface area contributed by atoms with Crippen LogP contribution in [0.25, 0.3) is 0 Å². The Labute approximate surface area is 152 Å². The van der Waals surface area contributed by atoms with Crippen molar-refractivity contribution in [3.05, 3.63) is 30.6 Å². The molecule has 2 aliphatic rings. The molecule has 0 unspecified atom stereocenters. The van der Waals surface area contributed by atoms with Gasteiger partial charge in [0.2, 0.25) is 5.95 Å². The van der Waals surface area contributed by atoms with Gasteiger partial charge in [-0.05, 0) is 25.2 Å². The number of likely N-dealkylation sites (N-methyl/N-ethyl adjacent to an activating group) is 1. The molecule has 2 N–H and O–H groups in total. The minimum atomic E-state index is -0.135. The van der Waals surface area contributed by atoms with Gasteiger partial charge in [-0.25, -0.2) is 14.8 Å². The van der Waals surface area contributed by atoms with Gasteiger partial charge in [-0.3, -0.25) is 4.90 Å². The van der Waals surface area contributed by atoms with Gasteiger partial charge in [0.25, 0.3) is 0 Å². The summed E-state index contributed by atoms with van der Waals surface area (Å²) in [6.07, 6.45) is 3.50. The maximum Gasteiger partial charge on any atom is 0.323 e. The smallest absolute Gasteiger partial charge is 0.323 e. The number of rotatable bonds is 4. The van der Waals surface area contributed by atoms with E-state index in [1.54, 1.807) is 17.2 Å². The lowest BCUT2D eigenvalue weighted by Crippen LogP contribution is -2.44. The molecule has 2 fully saturated rings. The number of urea groups is 1. The molecule has 136 valence electrons. The number of nitrogens with one attached hydrogen (secondary N) is 2. The molecule has 0 atom stereocenters. The van der Waals surface area contributed by atoms with Gasteiger partial charge in [0.15, 0.2) is 0 Å². The van der Waals surface area contributed by atoms with E-state index in [2.05, 4.69) is 48.5 Å². The molecule has 4 rings (SSSR count). The zero-order chi connectivity index (χ0) is 17.9. The number of carbonyl (C=O) groups is 1. The Kier molecular flexibility index (Phi) is 4.53. The van der Waals surface area contributed by atoms with Crippen molar-refractivity contribution in [1.29, 1.82) is 0 Å². The van der Waals surface area contributed by atoms with Crippen molar-refractivity contribution in [3.8, 4) is 0 Å². The highest BCUT2D eigenvalue weighted by atomic mass is 16.2. The predicted molar refractivity (Wildman–Crippen MR) is 100 cm³/mol. The number of piperazine rings is 1. The van der Waals surface area contributed by atoms with E-state index in [9.17, 15) is 4.79 Å². The molecular formula is C17H22N8O. The van der Waals surface area contributed by atoms with Crippen molar-refractivity contribution < 1.29 is 4.79 Å². The number of pyridine rings is 1. The minimum Gasteiger partial charge on any atom is -0.368 e. The quantitative estimate of drug-likeness (QED) is 0.843. The van der Waals surface area contributed by atoms with E-state index < -0.39 is 0 Å². The molecule has 9 nitrogen and oxygen atoms in total. The van der Waals surface area contributed by atoms with E-state index in [1.165, 1.54) is 0 Å². The number of anilines is 4. The SMILES string of the molecule is CN1CCN(c2ccc(Nc3nccc(N4CCNC4=O)n3)nc2)CC1. The van der Waals surface area contributed by atoms with Gasteiger partial charge >= 0.3 is 6.03 Å². The lowest BCUT2D eigenvalue weighted by Gasteiger charge is -2.33. The average molecular weight is 354 g/mol. The molecule has 0 spiro atoms. The van der Waals surface area contributed by atoms with Gasteiger partial charge in [-0.15, -0.1) is 0 Å². The highest BCUT2D eigenvalue weighted by Crippen LogP contribution is 2.20. The fourth-order valence-corrected chi connectivity index (χ4v) is 3.08. The Hall–Kier alpha value is -2.94. The minimum absolute atomic E-state index is 0.135. The van der Waals surface area contributed by atoms with Crippen LogP contribution in [-0.4, -0.2) is 72.2 Å². The molecule has 0 radical (unpaired) electrons. The summed E-state index contributed by atoms with van der Waals surface area (Å²) in [7, 11) is 2.14. The summed E-state index contributed by atoms with van der Waals surface area (Å²) in [5.41, 5.74) is 1.12. The van der Waals surface area contributed by atoms with Crippen molar-refractivity contribution in [3.63, 3.8) is 0 Å². The third-order valence-electron chi connectivity index (χ3n) is 4.63. The van der Waals surface area contributed by atoms with Crippen LogP contribution in [0.1, 0.15) is 0 Å². The third kappa shape index (κ3) is 3.52. The monoisotopic (exact) mass is 354 g/mol. The molecule has 2 aromatic heterocycles. The first kappa shape index (κ1) is 16.5. The topological polar surface area (TPSA) is 89.5 Å². The Bertz CT molecular complexity index is 773. The third-order valence-corrected chi connectivity index (χ3v) is 4.63. The summed E-state index contributed by atoms with van der Waals surface area (Å²) in [5.74, 6) is 1.67. The van der Waals surface area contributed by atoms with Gasteiger partial charge in [0, 0.05) is 45.5 Å².